The highest BCUT2D eigenvalue weighted by Crippen LogP contribution is 2.18. The van der Waals surface area contributed by atoms with Gasteiger partial charge in [-0.25, -0.2) is 0 Å². The van der Waals surface area contributed by atoms with Crippen LogP contribution in [0.2, 0.25) is 0 Å². The van der Waals surface area contributed by atoms with Gasteiger partial charge in [0.1, 0.15) is 0 Å². The standard InChI is InChI=1S/C12H17N3O/c1-8(2)10-4-6-11(7-5-10)15-12(14)16-9(3)13/h4-8,13H,1-3H3,(H2,14,15). The first-order valence-corrected chi connectivity index (χ1v) is 5.16. The molecular formula is C12H17N3O. The predicted molar refractivity (Wildman–Crippen MR) is 66.3 cm³/mol. The normalized spacial score (nSPS) is 11.6. The fourth-order valence-electron chi connectivity index (χ4n) is 1.24. The van der Waals surface area contributed by atoms with Crippen LogP contribution in [0.4, 0.5) is 5.69 Å². The molecular weight excluding hydrogens is 202 g/mol. The number of nitrogens with two attached hydrogens (primary N) is 1. The van der Waals surface area contributed by atoms with Crippen LogP contribution >= 0.6 is 0 Å². The summed E-state index contributed by atoms with van der Waals surface area (Å²) in [5, 5.41) is 7.10. The molecule has 4 heteroatoms. The first-order valence-electron chi connectivity index (χ1n) is 5.16. The lowest BCUT2D eigenvalue weighted by Gasteiger charge is -2.05. The van der Waals surface area contributed by atoms with Crippen molar-refractivity contribution in [2.45, 2.75) is 26.7 Å². The monoisotopic (exact) mass is 219 g/mol. The van der Waals surface area contributed by atoms with Crippen LogP contribution in [-0.2, 0) is 4.74 Å². The molecule has 0 saturated carbocycles. The molecule has 0 spiro atoms. The predicted octanol–water partition coefficient (Wildman–Crippen LogP) is 2.77. The van der Waals surface area contributed by atoms with Crippen molar-refractivity contribution in [1.82, 2.24) is 0 Å². The van der Waals surface area contributed by atoms with Gasteiger partial charge in [-0.1, -0.05) is 26.0 Å². The second-order valence-electron chi connectivity index (χ2n) is 3.85. The van der Waals surface area contributed by atoms with Gasteiger partial charge < -0.3 is 10.5 Å². The number of nitrogens with one attached hydrogen (secondary N) is 1. The van der Waals surface area contributed by atoms with Gasteiger partial charge in [0.15, 0.2) is 5.90 Å². The van der Waals surface area contributed by atoms with E-state index >= 15 is 0 Å². The first-order chi connectivity index (χ1) is 7.49. The average molecular weight is 219 g/mol. The van der Waals surface area contributed by atoms with Crippen LogP contribution in [0.5, 0.6) is 0 Å². The van der Waals surface area contributed by atoms with E-state index in [1.54, 1.807) is 0 Å². The number of aliphatic imine (C=N–C) groups is 1. The summed E-state index contributed by atoms with van der Waals surface area (Å²) in [6.45, 7) is 5.77. The summed E-state index contributed by atoms with van der Waals surface area (Å²) < 4.78 is 4.84. The zero-order chi connectivity index (χ0) is 12.1. The molecule has 86 valence electrons. The molecule has 4 nitrogen and oxygen atoms in total. The Morgan fingerprint density at radius 1 is 1.31 bits per heavy atom. The Morgan fingerprint density at radius 3 is 2.31 bits per heavy atom. The maximum Gasteiger partial charge on any atom is 0.293 e. The zero-order valence-electron chi connectivity index (χ0n) is 9.82. The highest BCUT2D eigenvalue weighted by Gasteiger charge is 1.99. The third kappa shape index (κ3) is 3.73. The number of amidine groups is 1. The summed E-state index contributed by atoms with van der Waals surface area (Å²) in [7, 11) is 0. The van der Waals surface area contributed by atoms with Crippen LogP contribution in [0.25, 0.3) is 0 Å². The molecule has 0 aliphatic heterocycles. The maximum absolute atomic E-state index is 7.10. The molecule has 1 aromatic carbocycles. The molecule has 0 aliphatic rings. The maximum atomic E-state index is 7.10. The van der Waals surface area contributed by atoms with E-state index in [0.29, 0.717) is 5.92 Å². The van der Waals surface area contributed by atoms with Gasteiger partial charge in [0.05, 0.1) is 5.69 Å². The third-order valence-electron chi connectivity index (χ3n) is 2.06. The molecule has 16 heavy (non-hydrogen) atoms. The second kappa shape index (κ2) is 5.30. The van der Waals surface area contributed by atoms with Gasteiger partial charge in [-0.05, 0) is 23.6 Å². The Labute approximate surface area is 95.7 Å². The van der Waals surface area contributed by atoms with Crippen LogP contribution in [0.15, 0.2) is 29.3 Å². The topological polar surface area (TPSA) is 71.5 Å². The summed E-state index contributed by atoms with van der Waals surface area (Å²) in [4.78, 5) is 4.03. The minimum Gasteiger partial charge on any atom is -0.412 e. The molecule has 0 atom stereocenters. The van der Waals surface area contributed by atoms with E-state index in [-0.39, 0.29) is 11.9 Å². The third-order valence-corrected chi connectivity index (χ3v) is 2.06. The van der Waals surface area contributed by atoms with Gasteiger partial charge in [0.2, 0.25) is 0 Å². The van der Waals surface area contributed by atoms with Crippen LogP contribution in [0.1, 0.15) is 32.3 Å². The van der Waals surface area contributed by atoms with Crippen molar-refractivity contribution < 1.29 is 4.74 Å². The van der Waals surface area contributed by atoms with Crippen LogP contribution < -0.4 is 5.73 Å². The summed E-state index contributed by atoms with van der Waals surface area (Å²) in [6.07, 6.45) is 0. The molecule has 3 N–H and O–H groups in total. The lowest BCUT2D eigenvalue weighted by molar-refractivity contribution is 0.527. The lowest BCUT2D eigenvalue weighted by Crippen LogP contribution is -2.18. The van der Waals surface area contributed by atoms with Gasteiger partial charge >= 0.3 is 0 Å². The van der Waals surface area contributed by atoms with Gasteiger partial charge in [0.25, 0.3) is 6.02 Å². The van der Waals surface area contributed by atoms with Gasteiger partial charge in [-0.3, -0.25) is 5.41 Å². The Morgan fingerprint density at radius 2 is 1.88 bits per heavy atom. The molecule has 0 fully saturated rings. The molecule has 0 amide bonds. The SMILES string of the molecule is CC(=N)OC(N)=Nc1ccc(C(C)C)cc1. The van der Waals surface area contributed by atoms with Crippen LogP contribution in [0.3, 0.4) is 0 Å². The number of ether oxygens (including phenoxy) is 1. The lowest BCUT2D eigenvalue weighted by atomic mass is 10.0. The smallest absolute Gasteiger partial charge is 0.293 e. The van der Waals surface area contributed by atoms with E-state index in [1.165, 1.54) is 12.5 Å². The molecule has 1 rings (SSSR count). The quantitative estimate of drug-likeness (QED) is 0.593. The Balaban J connectivity index is 2.78. The zero-order valence-corrected chi connectivity index (χ0v) is 9.82. The van der Waals surface area contributed by atoms with E-state index in [4.69, 9.17) is 15.9 Å². The highest BCUT2D eigenvalue weighted by molar-refractivity contribution is 5.87. The molecule has 0 aliphatic carbocycles. The van der Waals surface area contributed by atoms with E-state index in [2.05, 4.69) is 18.8 Å². The van der Waals surface area contributed by atoms with Crippen molar-refractivity contribution in [3.8, 4) is 0 Å². The number of hydrogen-bond donors (Lipinski definition) is 2. The molecule has 0 radical (unpaired) electrons. The van der Waals surface area contributed by atoms with Crippen LogP contribution in [-0.4, -0.2) is 11.9 Å². The van der Waals surface area contributed by atoms with Crippen molar-refractivity contribution in [2.75, 3.05) is 0 Å². The minimum absolute atomic E-state index is 0.00945. The fraction of sp³-hybridized carbons (Fsp3) is 0.333. The van der Waals surface area contributed by atoms with Crippen molar-refractivity contribution in [2.24, 2.45) is 10.7 Å². The summed E-state index contributed by atoms with van der Waals surface area (Å²) in [5.41, 5.74) is 7.47. The summed E-state index contributed by atoms with van der Waals surface area (Å²) in [6, 6.07) is 7.77. The number of hydrogen-bond acceptors (Lipinski definition) is 3. The first kappa shape index (κ1) is 12.2. The van der Waals surface area contributed by atoms with E-state index < -0.39 is 0 Å². The van der Waals surface area contributed by atoms with Crippen molar-refractivity contribution in [3.63, 3.8) is 0 Å². The van der Waals surface area contributed by atoms with Crippen molar-refractivity contribution in [3.05, 3.63) is 29.8 Å². The molecule has 0 heterocycles. The van der Waals surface area contributed by atoms with Gasteiger partial charge in [-0.2, -0.15) is 4.99 Å². The van der Waals surface area contributed by atoms with E-state index in [9.17, 15) is 0 Å². The average Bonchev–Trinajstić information content (AvgIpc) is 2.16. The largest absolute Gasteiger partial charge is 0.412 e. The van der Waals surface area contributed by atoms with Crippen molar-refractivity contribution >= 4 is 17.6 Å². The van der Waals surface area contributed by atoms with Gasteiger partial charge in [-0.15, -0.1) is 0 Å². The minimum atomic E-state index is -0.00945. The molecule has 0 bridgehead atoms. The Bertz CT molecular complexity index is 393. The Hall–Kier alpha value is -1.84. The van der Waals surface area contributed by atoms with Gasteiger partial charge in [0, 0.05) is 6.92 Å². The molecule has 0 aromatic heterocycles. The number of nitrogens with zero attached hydrogens (tertiary/aromatic N) is 1. The number of rotatable bonds is 2. The molecule has 0 saturated heterocycles. The van der Waals surface area contributed by atoms with E-state index in [1.807, 2.05) is 24.3 Å². The highest BCUT2D eigenvalue weighted by atomic mass is 16.5. The van der Waals surface area contributed by atoms with E-state index in [0.717, 1.165) is 5.69 Å². The summed E-state index contributed by atoms with van der Waals surface area (Å²) in [5.74, 6) is 0.524. The summed E-state index contributed by atoms with van der Waals surface area (Å²) >= 11 is 0. The van der Waals surface area contributed by atoms with Crippen LogP contribution in [0, 0.1) is 5.41 Å². The second-order valence-corrected chi connectivity index (χ2v) is 3.85. The number of benzene rings is 1. The fourth-order valence-corrected chi connectivity index (χ4v) is 1.24. The van der Waals surface area contributed by atoms with Crippen molar-refractivity contribution in [1.29, 1.82) is 5.41 Å². The molecule has 1 aromatic rings. The molecule has 0 unspecified atom stereocenters. The Kier molecular flexibility index (Phi) is 4.05.